The van der Waals surface area contributed by atoms with Gasteiger partial charge in [0.05, 0.1) is 17.1 Å². The Hall–Kier alpha value is -2.01. The molecule has 2 N–H and O–H groups in total. The van der Waals surface area contributed by atoms with E-state index >= 15 is 0 Å². The second-order valence-electron chi connectivity index (χ2n) is 5.32. The summed E-state index contributed by atoms with van der Waals surface area (Å²) >= 11 is 6.01. The van der Waals surface area contributed by atoms with Crippen LogP contribution in [0.5, 0.6) is 0 Å². The Morgan fingerprint density at radius 1 is 1.38 bits per heavy atom. The molecule has 5 nitrogen and oxygen atoms in total. The first kappa shape index (κ1) is 20.0. The molecule has 0 radical (unpaired) electrons. The molecule has 1 aromatic rings. The minimum Gasteiger partial charge on any atom is -0.357 e. The zero-order valence-electron chi connectivity index (χ0n) is 14.5. The van der Waals surface area contributed by atoms with E-state index in [1.54, 1.807) is 24.3 Å². The smallest absolute Gasteiger partial charge is 0.252 e. The number of benzene rings is 1. The third-order valence-electron chi connectivity index (χ3n) is 3.38. The summed E-state index contributed by atoms with van der Waals surface area (Å²) in [5, 5.41) is 6.55. The first-order valence-electron chi connectivity index (χ1n) is 8.23. The summed E-state index contributed by atoms with van der Waals surface area (Å²) in [5.74, 6) is 0.661. The molecular formula is C18H27ClN4O. The van der Waals surface area contributed by atoms with Gasteiger partial charge in [-0.3, -0.25) is 9.79 Å². The van der Waals surface area contributed by atoms with Crippen LogP contribution in [-0.4, -0.2) is 50.0 Å². The lowest BCUT2D eigenvalue weighted by Gasteiger charge is -2.21. The zero-order valence-corrected chi connectivity index (χ0v) is 15.3. The summed E-state index contributed by atoms with van der Waals surface area (Å²) in [6.07, 6.45) is 3.94. The van der Waals surface area contributed by atoms with E-state index in [1.165, 1.54) is 0 Å². The third-order valence-corrected chi connectivity index (χ3v) is 3.71. The summed E-state index contributed by atoms with van der Waals surface area (Å²) in [6.45, 7) is 8.44. The van der Waals surface area contributed by atoms with Crippen LogP contribution in [0.3, 0.4) is 0 Å². The Labute approximate surface area is 149 Å². The van der Waals surface area contributed by atoms with Crippen molar-refractivity contribution in [1.29, 1.82) is 0 Å². The molecule has 0 spiro atoms. The molecule has 0 unspecified atom stereocenters. The summed E-state index contributed by atoms with van der Waals surface area (Å²) in [4.78, 5) is 18.7. The number of carbonyl (C=O) groups is 1. The van der Waals surface area contributed by atoms with Gasteiger partial charge in [-0.05, 0) is 31.9 Å². The summed E-state index contributed by atoms with van der Waals surface area (Å²) in [7, 11) is 2.01. The Bertz CT molecular complexity index is 560. The number of nitrogens with zero attached hydrogens (tertiary/aromatic N) is 2. The third kappa shape index (κ3) is 7.04. The number of amides is 1. The summed E-state index contributed by atoms with van der Waals surface area (Å²) in [6, 6.07) is 7.00. The first-order valence-corrected chi connectivity index (χ1v) is 8.61. The zero-order chi connectivity index (χ0) is 17.8. The van der Waals surface area contributed by atoms with E-state index < -0.39 is 0 Å². The largest absolute Gasteiger partial charge is 0.357 e. The molecule has 0 atom stereocenters. The van der Waals surface area contributed by atoms with Gasteiger partial charge in [0, 0.05) is 26.7 Å². The number of unbranched alkanes of at least 4 members (excludes halogenated alkanes) is 1. The Kier molecular flexibility index (Phi) is 9.61. The minimum atomic E-state index is -0.180. The predicted molar refractivity (Wildman–Crippen MR) is 102 cm³/mol. The predicted octanol–water partition coefficient (Wildman–Crippen LogP) is 2.93. The highest BCUT2D eigenvalue weighted by Gasteiger charge is 2.08. The van der Waals surface area contributed by atoms with Gasteiger partial charge in [-0.1, -0.05) is 29.8 Å². The van der Waals surface area contributed by atoms with Gasteiger partial charge in [0.1, 0.15) is 0 Å². The fourth-order valence-corrected chi connectivity index (χ4v) is 2.34. The number of hydrogen-bond acceptors (Lipinski definition) is 2. The molecule has 0 aliphatic carbocycles. The molecular weight excluding hydrogens is 324 g/mol. The molecule has 0 saturated carbocycles. The van der Waals surface area contributed by atoms with E-state index in [-0.39, 0.29) is 5.91 Å². The Balaban J connectivity index is 2.48. The van der Waals surface area contributed by atoms with Crippen LogP contribution in [0.4, 0.5) is 0 Å². The molecule has 1 aromatic carbocycles. The topological polar surface area (TPSA) is 56.7 Å². The number of nitrogens with one attached hydrogen (secondary N) is 2. The Morgan fingerprint density at radius 3 is 2.79 bits per heavy atom. The van der Waals surface area contributed by atoms with Crippen molar-refractivity contribution in [3.8, 4) is 0 Å². The van der Waals surface area contributed by atoms with E-state index in [0.29, 0.717) is 23.7 Å². The highest BCUT2D eigenvalue weighted by atomic mass is 35.5. The molecule has 0 fully saturated rings. The number of guanidine groups is 1. The van der Waals surface area contributed by atoms with Crippen LogP contribution in [0, 0.1) is 0 Å². The molecule has 1 rings (SSSR count). The lowest BCUT2D eigenvalue weighted by atomic mass is 10.2. The lowest BCUT2D eigenvalue weighted by Crippen LogP contribution is -2.40. The number of aliphatic imine (C=N–C) groups is 1. The van der Waals surface area contributed by atoms with Crippen LogP contribution < -0.4 is 10.6 Å². The number of carbonyl (C=O) groups excluding carboxylic acids is 1. The van der Waals surface area contributed by atoms with Gasteiger partial charge in [-0.25, -0.2) is 0 Å². The molecule has 1 amide bonds. The van der Waals surface area contributed by atoms with E-state index in [0.717, 1.165) is 31.9 Å². The van der Waals surface area contributed by atoms with E-state index in [2.05, 4.69) is 27.1 Å². The highest BCUT2D eigenvalue weighted by molar-refractivity contribution is 6.33. The van der Waals surface area contributed by atoms with Crippen molar-refractivity contribution >= 4 is 23.5 Å². The van der Waals surface area contributed by atoms with Crippen LogP contribution in [0.1, 0.15) is 30.1 Å². The number of rotatable bonds is 9. The lowest BCUT2D eigenvalue weighted by molar-refractivity contribution is 0.0955. The normalized spacial score (nSPS) is 11.0. The molecule has 0 aliphatic rings. The maximum absolute atomic E-state index is 12.1. The van der Waals surface area contributed by atoms with Gasteiger partial charge in [-0.2, -0.15) is 0 Å². The molecule has 0 aliphatic heterocycles. The molecule has 0 heterocycles. The van der Waals surface area contributed by atoms with Crippen molar-refractivity contribution in [3.63, 3.8) is 0 Å². The molecule has 24 heavy (non-hydrogen) atoms. The molecule has 6 heteroatoms. The van der Waals surface area contributed by atoms with Crippen molar-refractivity contribution < 1.29 is 4.79 Å². The molecule has 0 bridgehead atoms. The number of hydrogen-bond donors (Lipinski definition) is 2. The van der Waals surface area contributed by atoms with Gasteiger partial charge in [-0.15, -0.1) is 6.58 Å². The van der Waals surface area contributed by atoms with Crippen LogP contribution in [0.15, 0.2) is 41.9 Å². The monoisotopic (exact) mass is 350 g/mol. The second kappa shape index (κ2) is 11.5. The summed E-state index contributed by atoms with van der Waals surface area (Å²) in [5.41, 5.74) is 0.483. The van der Waals surface area contributed by atoms with Crippen molar-refractivity contribution in [3.05, 3.63) is 47.5 Å². The highest BCUT2D eigenvalue weighted by Crippen LogP contribution is 2.14. The summed E-state index contributed by atoms with van der Waals surface area (Å²) < 4.78 is 0. The standard InChI is InChI=1S/C18H27ClN4O/c1-4-6-9-14-23(3)18(20-5-2)22-13-12-21-17(24)15-10-7-8-11-16(15)19/h4,7-8,10-11H,1,5-6,9,12-14H2,2-3H3,(H,20,22)(H,21,24). The molecule has 0 saturated heterocycles. The average Bonchev–Trinajstić information content (AvgIpc) is 2.58. The van der Waals surface area contributed by atoms with Gasteiger partial charge < -0.3 is 15.5 Å². The van der Waals surface area contributed by atoms with Gasteiger partial charge in [0.25, 0.3) is 5.91 Å². The van der Waals surface area contributed by atoms with Crippen LogP contribution in [0.2, 0.25) is 5.02 Å². The van der Waals surface area contributed by atoms with Crippen molar-refractivity contribution in [1.82, 2.24) is 15.5 Å². The average molecular weight is 351 g/mol. The van der Waals surface area contributed by atoms with E-state index in [1.807, 2.05) is 20.0 Å². The van der Waals surface area contributed by atoms with Crippen LogP contribution in [0.25, 0.3) is 0 Å². The second-order valence-corrected chi connectivity index (χ2v) is 5.73. The van der Waals surface area contributed by atoms with Crippen LogP contribution in [-0.2, 0) is 0 Å². The van der Waals surface area contributed by atoms with Gasteiger partial charge in [0.15, 0.2) is 5.96 Å². The van der Waals surface area contributed by atoms with Crippen molar-refractivity contribution in [2.24, 2.45) is 4.99 Å². The van der Waals surface area contributed by atoms with E-state index in [4.69, 9.17) is 11.6 Å². The van der Waals surface area contributed by atoms with Gasteiger partial charge >= 0.3 is 0 Å². The SMILES string of the molecule is C=CCCCN(C)C(=NCCNC(=O)c1ccccc1Cl)NCC. The molecule has 132 valence electrons. The maximum atomic E-state index is 12.1. The van der Waals surface area contributed by atoms with Crippen molar-refractivity contribution in [2.45, 2.75) is 19.8 Å². The first-order chi connectivity index (χ1) is 11.6. The fourth-order valence-electron chi connectivity index (χ4n) is 2.12. The number of halogens is 1. The van der Waals surface area contributed by atoms with Crippen molar-refractivity contribution in [2.75, 3.05) is 33.2 Å². The molecule has 0 aromatic heterocycles. The van der Waals surface area contributed by atoms with E-state index in [9.17, 15) is 4.79 Å². The number of allylic oxidation sites excluding steroid dienone is 1. The maximum Gasteiger partial charge on any atom is 0.252 e. The Morgan fingerprint density at radius 2 is 2.12 bits per heavy atom. The fraction of sp³-hybridized carbons (Fsp3) is 0.444. The van der Waals surface area contributed by atoms with Crippen LogP contribution >= 0.6 is 11.6 Å². The van der Waals surface area contributed by atoms with Gasteiger partial charge in [0.2, 0.25) is 0 Å². The minimum absolute atomic E-state index is 0.180. The quantitative estimate of drug-likeness (QED) is 0.311.